The summed E-state index contributed by atoms with van der Waals surface area (Å²) < 4.78 is 35.2. The summed E-state index contributed by atoms with van der Waals surface area (Å²) >= 11 is 0. The second kappa shape index (κ2) is 52.0. The van der Waals surface area contributed by atoms with Crippen LogP contribution >= 0.6 is 7.82 Å². The second-order valence-corrected chi connectivity index (χ2v) is 21.4. The van der Waals surface area contributed by atoms with E-state index in [-0.39, 0.29) is 32.2 Å². The van der Waals surface area contributed by atoms with E-state index in [0.717, 1.165) is 64.2 Å². The molecule has 8 nitrogen and oxygen atoms in total. The highest BCUT2D eigenvalue weighted by Crippen LogP contribution is 2.43. The quantitative estimate of drug-likeness (QED) is 0.0213. The Morgan fingerprint density at radius 1 is 0.464 bits per heavy atom. The van der Waals surface area contributed by atoms with Crippen LogP contribution in [0.2, 0.25) is 0 Å². The Morgan fingerprint density at radius 3 is 1.28 bits per heavy atom. The van der Waals surface area contributed by atoms with Crippen LogP contribution in [-0.2, 0) is 27.9 Å². The van der Waals surface area contributed by atoms with E-state index in [0.29, 0.717) is 24.1 Å². The third-order valence-corrected chi connectivity index (χ3v) is 12.9. The van der Waals surface area contributed by atoms with Gasteiger partial charge in [0.15, 0.2) is 0 Å². The summed E-state index contributed by atoms with van der Waals surface area (Å²) in [7, 11) is 1.63. The summed E-state index contributed by atoms with van der Waals surface area (Å²) in [5, 5.41) is 0. The van der Waals surface area contributed by atoms with Crippen LogP contribution < -0.4 is 0 Å². The normalized spacial score (nSPS) is 14.1. The molecule has 0 aromatic heterocycles. The molecular weight excluding hydrogens is 878 g/mol. The van der Waals surface area contributed by atoms with Gasteiger partial charge in [-0.3, -0.25) is 13.8 Å². The zero-order valence-electron chi connectivity index (χ0n) is 45.5. The van der Waals surface area contributed by atoms with Crippen LogP contribution in [0.1, 0.15) is 232 Å². The van der Waals surface area contributed by atoms with E-state index < -0.39 is 13.9 Å². The van der Waals surface area contributed by atoms with Gasteiger partial charge in [0, 0.05) is 13.0 Å². The smallest absolute Gasteiger partial charge is 0.457 e. The van der Waals surface area contributed by atoms with Crippen molar-refractivity contribution in [1.82, 2.24) is 0 Å². The molecule has 0 saturated carbocycles. The first-order chi connectivity index (χ1) is 33.6. The highest BCUT2D eigenvalue weighted by Gasteiger charge is 2.26. The number of ether oxygens (including phenoxy) is 2. The van der Waals surface area contributed by atoms with Gasteiger partial charge in [0.1, 0.15) is 19.3 Å². The molecule has 9 heteroatoms. The van der Waals surface area contributed by atoms with Crippen LogP contribution in [-0.4, -0.2) is 75.6 Å². The first-order valence-corrected chi connectivity index (χ1v) is 29.8. The molecule has 2 atom stereocenters. The van der Waals surface area contributed by atoms with E-state index in [4.69, 9.17) is 18.5 Å². The number of phosphoric acid groups is 1. The van der Waals surface area contributed by atoms with Crippen molar-refractivity contribution in [2.75, 3.05) is 54.1 Å². The SMILES string of the molecule is CC/C=C\C/C=C\C/C=C\C/C=C\C/C=C\C/C=C\CCCCC(=O)OC(COCCCCCCCCCCCCCCCC/C=C\CCCCCCCCCC)COP(=O)(O)OCC[N+](C)(C)C. The molecule has 0 spiro atoms. The minimum atomic E-state index is -4.30. The van der Waals surface area contributed by atoms with Gasteiger partial charge >= 0.3 is 13.8 Å². The maximum Gasteiger partial charge on any atom is 0.472 e. The number of hydrogen-bond donors (Lipinski definition) is 1. The molecule has 69 heavy (non-hydrogen) atoms. The van der Waals surface area contributed by atoms with E-state index in [1.165, 1.54) is 141 Å². The number of nitrogens with zero attached hydrogens (tertiary/aromatic N) is 1. The first-order valence-electron chi connectivity index (χ1n) is 28.3. The lowest BCUT2D eigenvalue weighted by Crippen LogP contribution is -2.37. The van der Waals surface area contributed by atoms with Crippen molar-refractivity contribution in [3.8, 4) is 0 Å². The fourth-order valence-electron chi connectivity index (χ4n) is 7.61. The standard InChI is InChI=1S/C60H108NO7P/c1-6-8-10-12-14-16-18-20-22-24-26-28-29-30-31-32-34-36-38-40-42-44-46-48-50-52-55-65-57-59(58-67-69(63,64)66-56-54-61(3,4)5)68-60(62)53-51-49-47-45-43-41-39-37-35-33-27-25-23-21-19-17-15-13-11-9-7-2/h9,11,15,17,21,23-24,26-27,33,37,39,43,45,59H,6-8,10,12-14,16,18-20,22,25,28-32,34-36,38,40-42,44,46-58H2,1-5H3/p+1/b11-9-,17-15-,23-21-,26-24-,33-27-,39-37-,45-43-. The van der Waals surface area contributed by atoms with Gasteiger partial charge in [-0.2, -0.15) is 0 Å². The average Bonchev–Trinajstić information content (AvgIpc) is 3.31. The van der Waals surface area contributed by atoms with Crippen LogP contribution in [0.25, 0.3) is 0 Å². The van der Waals surface area contributed by atoms with E-state index >= 15 is 0 Å². The molecule has 0 amide bonds. The third kappa shape index (κ3) is 56.5. The summed E-state index contributed by atoms with van der Waals surface area (Å²) in [5.41, 5.74) is 0. The molecule has 1 N–H and O–H groups in total. The van der Waals surface area contributed by atoms with E-state index in [2.05, 4.69) is 98.9 Å². The second-order valence-electron chi connectivity index (χ2n) is 19.9. The van der Waals surface area contributed by atoms with Crippen LogP contribution in [0, 0.1) is 0 Å². The number of allylic oxidation sites excluding steroid dienone is 14. The Kier molecular flexibility index (Phi) is 50.3. The lowest BCUT2D eigenvalue weighted by molar-refractivity contribution is -0.870. The minimum Gasteiger partial charge on any atom is -0.457 e. The number of phosphoric ester groups is 1. The molecule has 0 fully saturated rings. The molecule has 0 saturated heterocycles. The Balaban J connectivity index is 4.14. The van der Waals surface area contributed by atoms with Gasteiger partial charge in [0.25, 0.3) is 0 Å². The molecule has 0 aromatic carbocycles. The van der Waals surface area contributed by atoms with Crippen molar-refractivity contribution in [1.29, 1.82) is 0 Å². The maximum atomic E-state index is 12.8. The summed E-state index contributed by atoms with van der Waals surface area (Å²) in [6.45, 7) is 5.46. The highest BCUT2D eigenvalue weighted by molar-refractivity contribution is 7.47. The van der Waals surface area contributed by atoms with Gasteiger partial charge < -0.3 is 18.9 Å². The van der Waals surface area contributed by atoms with Crippen molar-refractivity contribution >= 4 is 13.8 Å². The number of quaternary nitrogens is 1. The lowest BCUT2D eigenvalue weighted by atomic mass is 10.0. The van der Waals surface area contributed by atoms with Crippen molar-refractivity contribution in [3.63, 3.8) is 0 Å². The molecule has 0 bridgehead atoms. The number of unbranched alkanes of at least 4 members (excludes halogenated alkanes) is 24. The number of carbonyl (C=O) groups excluding carboxylic acids is 1. The van der Waals surface area contributed by atoms with E-state index in [1.54, 1.807) is 0 Å². The zero-order chi connectivity index (χ0) is 50.5. The number of carbonyl (C=O) groups is 1. The number of esters is 1. The highest BCUT2D eigenvalue weighted by atomic mass is 31.2. The predicted octanol–water partition coefficient (Wildman–Crippen LogP) is 18.0. The topological polar surface area (TPSA) is 91.3 Å². The van der Waals surface area contributed by atoms with Crippen molar-refractivity contribution < 1.29 is 37.3 Å². The molecule has 0 aliphatic heterocycles. The fourth-order valence-corrected chi connectivity index (χ4v) is 8.35. The van der Waals surface area contributed by atoms with Crippen LogP contribution in [0.5, 0.6) is 0 Å². The van der Waals surface area contributed by atoms with Gasteiger partial charge in [0.2, 0.25) is 0 Å². The zero-order valence-corrected chi connectivity index (χ0v) is 46.4. The third-order valence-electron chi connectivity index (χ3n) is 11.9. The minimum absolute atomic E-state index is 0.0764. The van der Waals surface area contributed by atoms with Gasteiger partial charge in [-0.05, 0) is 89.9 Å². The molecule has 0 aromatic rings. The summed E-state index contributed by atoms with van der Waals surface area (Å²) in [4.78, 5) is 23.0. The monoisotopic (exact) mass is 987 g/mol. The first kappa shape index (κ1) is 66.7. The van der Waals surface area contributed by atoms with Crippen molar-refractivity contribution in [3.05, 3.63) is 85.1 Å². The molecule has 400 valence electrons. The molecule has 0 radical (unpaired) electrons. The molecule has 2 unspecified atom stereocenters. The summed E-state index contributed by atoms with van der Waals surface area (Å²) in [5.74, 6) is -0.355. The lowest BCUT2D eigenvalue weighted by Gasteiger charge is -2.24. The van der Waals surface area contributed by atoms with Gasteiger partial charge in [-0.1, -0.05) is 221 Å². The van der Waals surface area contributed by atoms with E-state index in [1.807, 2.05) is 21.1 Å². The van der Waals surface area contributed by atoms with Crippen molar-refractivity contribution in [2.24, 2.45) is 0 Å². The number of likely N-dealkylation sites (N-methyl/N-ethyl adjacent to an activating group) is 1. The summed E-state index contributed by atoms with van der Waals surface area (Å²) in [6, 6.07) is 0. The molecule has 0 heterocycles. The van der Waals surface area contributed by atoms with Gasteiger partial charge in [0.05, 0.1) is 34.4 Å². The van der Waals surface area contributed by atoms with Gasteiger partial charge in [-0.15, -0.1) is 0 Å². The Bertz CT molecular complexity index is 1380. The predicted molar refractivity (Wildman–Crippen MR) is 298 cm³/mol. The van der Waals surface area contributed by atoms with Gasteiger partial charge in [-0.25, -0.2) is 4.57 Å². The Morgan fingerprint density at radius 2 is 0.841 bits per heavy atom. The fraction of sp³-hybridized carbons (Fsp3) is 0.750. The summed E-state index contributed by atoms with van der Waals surface area (Å²) in [6.07, 6.45) is 70.8. The average molecular weight is 988 g/mol. The van der Waals surface area contributed by atoms with Crippen LogP contribution in [0.4, 0.5) is 0 Å². The van der Waals surface area contributed by atoms with Crippen LogP contribution in [0.3, 0.4) is 0 Å². The molecular formula is C60H109NO7P+. The Labute approximate surface area is 426 Å². The molecule has 0 aliphatic rings. The Hall–Kier alpha value is -2.32. The number of hydrogen-bond acceptors (Lipinski definition) is 6. The number of rotatable bonds is 52. The van der Waals surface area contributed by atoms with Crippen LogP contribution in [0.15, 0.2) is 85.1 Å². The van der Waals surface area contributed by atoms with E-state index in [9.17, 15) is 14.3 Å². The van der Waals surface area contributed by atoms with Crippen molar-refractivity contribution in [2.45, 2.75) is 238 Å². The maximum absolute atomic E-state index is 12.8. The molecule has 0 rings (SSSR count). The molecule has 0 aliphatic carbocycles. The largest absolute Gasteiger partial charge is 0.472 e.